The van der Waals surface area contributed by atoms with Gasteiger partial charge in [0.25, 0.3) is 5.91 Å². The Balaban J connectivity index is 2.15. The molecule has 0 aliphatic heterocycles. The summed E-state index contributed by atoms with van der Waals surface area (Å²) in [5.74, 6) is 0.179. The van der Waals surface area contributed by atoms with Crippen LogP contribution in [0.5, 0.6) is 0 Å². The number of hydrogen-bond donors (Lipinski definition) is 3. The lowest BCUT2D eigenvalue weighted by atomic mass is 9.96. The molecule has 0 radical (unpaired) electrons. The highest BCUT2D eigenvalue weighted by molar-refractivity contribution is 5.97. The van der Waals surface area contributed by atoms with Gasteiger partial charge in [0, 0.05) is 24.9 Å². The number of carbonyl (C=O) groups excluding carboxylic acids is 1. The van der Waals surface area contributed by atoms with Gasteiger partial charge in [-0.1, -0.05) is 32.1 Å². The Morgan fingerprint density at radius 3 is 2.72 bits per heavy atom. The van der Waals surface area contributed by atoms with Crippen molar-refractivity contribution in [1.82, 2.24) is 25.9 Å². The van der Waals surface area contributed by atoms with Crippen LogP contribution in [0, 0.1) is 12.3 Å². The van der Waals surface area contributed by atoms with Crippen molar-refractivity contribution in [1.29, 1.82) is 0 Å². The average molecular weight is 346 g/mol. The predicted octanol–water partition coefficient (Wildman–Crippen LogP) is 2.08. The molecule has 1 amide bonds. The topological polar surface area (TPSA) is 105 Å². The molecule has 2 rings (SSSR count). The van der Waals surface area contributed by atoms with Crippen molar-refractivity contribution in [3.63, 3.8) is 0 Å². The average Bonchev–Trinajstić information content (AvgIpc) is 3.07. The van der Waals surface area contributed by atoms with Crippen LogP contribution in [0.15, 0.2) is 18.2 Å². The maximum atomic E-state index is 12.7. The number of nitrogens with one attached hydrogen (secondary N) is 3. The van der Waals surface area contributed by atoms with Crippen molar-refractivity contribution in [2.45, 2.75) is 33.7 Å². The van der Waals surface area contributed by atoms with Gasteiger partial charge in [0.15, 0.2) is 5.82 Å². The fourth-order valence-electron chi connectivity index (χ4n) is 2.33. The molecule has 0 saturated carbocycles. The molecule has 0 saturated heterocycles. The highest BCUT2D eigenvalue weighted by Gasteiger charge is 2.21. The highest BCUT2D eigenvalue weighted by atomic mass is 16.5. The van der Waals surface area contributed by atoms with Gasteiger partial charge in [-0.05, 0) is 30.0 Å². The van der Waals surface area contributed by atoms with Gasteiger partial charge in [-0.25, -0.2) is 0 Å². The number of carbonyl (C=O) groups is 1. The summed E-state index contributed by atoms with van der Waals surface area (Å²) in [7, 11) is 1.56. The van der Waals surface area contributed by atoms with E-state index in [-0.39, 0.29) is 17.9 Å². The van der Waals surface area contributed by atoms with Crippen molar-refractivity contribution in [2.24, 2.45) is 5.41 Å². The zero-order chi connectivity index (χ0) is 18.4. The van der Waals surface area contributed by atoms with Gasteiger partial charge in [0.05, 0.1) is 6.61 Å². The normalized spacial score (nSPS) is 12.7. The molecule has 1 atom stereocenters. The Kier molecular flexibility index (Phi) is 6.08. The van der Waals surface area contributed by atoms with Gasteiger partial charge in [-0.15, -0.1) is 10.2 Å². The summed E-state index contributed by atoms with van der Waals surface area (Å²) in [4.78, 5) is 12.7. The van der Waals surface area contributed by atoms with Crippen molar-refractivity contribution in [2.75, 3.05) is 25.6 Å². The van der Waals surface area contributed by atoms with Crippen LogP contribution in [0.25, 0.3) is 0 Å². The van der Waals surface area contributed by atoms with Gasteiger partial charge >= 0.3 is 0 Å². The van der Waals surface area contributed by atoms with Crippen molar-refractivity contribution >= 4 is 11.6 Å². The second-order valence-corrected chi connectivity index (χ2v) is 7.14. The third-order valence-corrected chi connectivity index (χ3v) is 3.70. The van der Waals surface area contributed by atoms with Gasteiger partial charge < -0.3 is 15.4 Å². The lowest BCUT2D eigenvalue weighted by Gasteiger charge is -2.22. The Morgan fingerprint density at radius 2 is 2.12 bits per heavy atom. The summed E-state index contributed by atoms with van der Waals surface area (Å²) in [5.41, 5.74) is 2.59. The number of amides is 1. The van der Waals surface area contributed by atoms with Crippen LogP contribution < -0.4 is 10.6 Å². The van der Waals surface area contributed by atoms with Crippen molar-refractivity contribution < 1.29 is 9.53 Å². The molecule has 25 heavy (non-hydrogen) atoms. The maximum Gasteiger partial charge on any atom is 0.252 e. The third kappa shape index (κ3) is 5.25. The Labute approximate surface area is 147 Å². The fraction of sp³-hybridized carbons (Fsp3) is 0.529. The summed E-state index contributed by atoms with van der Waals surface area (Å²) in [5, 5.41) is 20.1. The number of aromatic nitrogens is 4. The van der Waals surface area contributed by atoms with Crippen molar-refractivity contribution in [3.8, 4) is 0 Å². The number of anilines is 1. The number of nitrogens with zero attached hydrogens (tertiary/aromatic N) is 3. The first kappa shape index (κ1) is 18.9. The van der Waals surface area contributed by atoms with E-state index in [4.69, 9.17) is 4.74 Å². The number of ether oxygens (including phenoxy) is 1. The molecular weight excluding hydrogens is 320 g/mol. The number of tetrazole rings is 1. The summed E-state index contributed by atoms with van der Waals surface area (Å²) in [6.07, 6.45) is 0. The minimum atomic E-state index is -0.471. The zero-order valence-corrected chi connectivity index (χ0v) is 15.4. The number of rotatable bonds is 7. The molecular formula is C17H26N6O2. The molecule has 0 aliphatic carbocycles. The molecule has 136 valence electrons. The quantitative estimate of drug-likeness (QED) is 0.709. The van der Waals surface area contributed by atoms with E-state index in [9.17, 15) is 4.79 Å². The Hall–Kier alpha value is -2.48. The molecule has 8 nitrogen and oxygen atoms in total. The van der Waals surface area contributed by atoms with E-state index < -0.39 is 6.04 Å². The minimum Gasteiger partial charge on any atom is -0.384 e. The van der Waals surface area contributed by atoms with Crippen LogP contribution >= 0.6 is 0 Å². The van der Waals surface area contributed by atoms with Gasteiger partial charge in [-0.2, -0.15) is 5.21 Å². The van der Waals surface area contributed by atoms with E-state index in [0.29, 0.717) is 11.4 Å². The molecule has 3 N–H and O–H groups in total. The van der Waals surface area contributed by atoms with E-state index in [0.717, 1.165) is 17.8 Å². The minimum absolute atomic E-state index is 0.146. The smallest absolute Gasteiger partial charge is 0.252 e. The monoisotopic (exact) mass is 346 g/mol. The Morgan fingerprint density at radius 1 is 1.36 bits per heavy atom. The van der Waals surface area contributed by atoms with E-state index in [1.165, 1.54) is 0 Å². The number of methoxy groups -OCH3 is 1. The molecule has 1 unspecified atom stereocenters. The standard InChI is InChI=1S/C17H26N6O2/c1-11-12(7-6-8-13(11)18-10-17(2,3)4)16(24)19-14(9-25-5)15-20-22-23-21-15/h6-8,14,18H,9-10H2,1-5H3,(H,19,24)(H,20,21,22,23). The first-order chi connectivity index (χ1) is 11.8. The van der Waals surface area contributed by atoms with Crippen LogP contribution in [0.4, 0.5) is 5.69 Å². The lowest BCUT2D eigenvalue weighted by molar-refractivity contribution is 0.0891. The van der Waals surface area contributed by atoms with Gasteiger partial charge in [0.2, 0.25) is 0 Å². The van der Waals surface area contributed by atoms with Crippen LogP contribution in [0.2, 0.25) is 0 Å². The van der Waals surface area contributed by atoms with Gasteiger partial charge in [0.1, 0.15) is 6.04 Å². The van der Waals surface area contributed by atoms with Crippen LogP contribution in [-0.4, -0.2) is 46.8 Å². The molecule has 8 heteroatoms. The fourth-order valence-corrected chi connectivity index (χ4v) is 2.33. The molecule has 0 fully saturated rings. The predicted molar refractivity (Wildman–Crippen MR) is 95.4 cm³/mol. The summed E-state index contributed by atoms with van der Waals surface area (Å²) in [6, 6.07) is 5.17. The van der Waals surface area contributed by atoms with Crippen molar-refractivity contribution in [3.05, 3.63) is 35.2 Å². The van der Waals surface area contributed by atoms with E-state index in [2.05, 4.69) is 52.0 Å². The largest absolute Gasteiger partial charge is 0.384 e. The number of benzene rings is 1. The van der Waals surface area contributed by atoms with Crippen LogP contribution in [-0.2, 0) is 4.74 Å². The maximum absolute atomic E-state index is 12.7. The van der Waals surface area contributed by atoms with Gasteiger partial charge in [-0.3, -0.25) is 4.79 Å². The first-order valence-corrected chi connectivity index (χ1v) is 8.18. The molecule has 0 spiro atoms. The molecule has 1 heterocycles. The molecule has 0 bridgehead atoms. The summed E-state index contributed by atoms with van der Waals surface area (Å²) >= 11 is 0. The second kappa shape index (κ2) is 8.06. The van der Waals surface area contributed by atoms with E-state index in [1.54, 1.807) is 13.2 Å². The molecule has 0 aliphatic rings. The zero-order valence-electron chi connectivity index (χ0n) is 15.4. The Bertz CT molecular complexity index is 694. The summed E-state index contributed by atoms with van der Waals surface area (Å²) in [6.45, 7) is 9.48. The van der Waals surface area contributed by atoms with Crippen LogP contribution in [0.3, 0.4) is 0 Å². The highest BCUT2D eigenvalue weighted by Crippen LogP contribution is 2.22. The van der Waals surface area contributed by atoms with Crippen LogP contribution in [0.1, 0.15) is 48.6 Å². The molecule has 2 aromatic rings. The number of H-pyrrole nitrogens is 1. The lowest BCUT2D eigenvalue weighted by Crippen LogP contribution is -2.32. The second-order valence-electron chi connectivity index (χ2n) is 7.14. The van der Waals surface area contributed by atoms with E-state index >= 15 is 0 Å². The molecule has 1 aromatic carbocycles. The van der Waals surface area contributed by atoms with E-state index in [1.807, 2.05) is 19.1 Å². The number of aromatic amines is 1. The first-order valence-electron chi connectivity index (χ1n) is 8.18. The SMILES string of the molecule is COCC(NC(=O)c1cccc(NCC(C)(C)C)c1C)c1nn[nH]n1. The number of hydrogen-bond acceptors (Lipinski definition) is 6. The summed E-state index contributed by atoms with van der Waals surface area (Å²) < 4.78 is 5.15. The molecule has 1 aromatic heterocycles. The third-order valence-electron chi connectivity index (χ3n) is 3.70.